The molecule has 25 heavy (non-hydrogen) atoms. The Morgan fingerprint density at radius 3 is 2.72 bits per heavy atom. The molecule has 1 heterocycles. The lowest BCUT2D eigenvalue weighted by atomic mass is 10.0. The molecule has 1 saturated carbocycles. The van der Waals surface area contributed by atoms with E-state index in [9.17, 15) is 22.7 Å². The average molecular weight is 355 g/mol. The smallest absolute Gasteiger partial charge is 0.433 e. The van der Waals surface area contributed by atoms with Crippen LogP contribution in [-0.4, -0.2) is 35.3 Å². The number of aromatic nitrogens is 1. The Bertz CT molecular complexity index is 793. The number of allylic oxidation sites excluding steroid dienone is 2. The third-order valence-electron chi connectivity index (χ3n) is 3.58. The summed E-state index contributed by atoms with van der Waals surface area (Å²) in [4.78, 5) is 6.69. The molecule has 2 atom stereocenters. The molecule has 5 nitrogen and oxygen atoms in total. The molecule has 0 aliphatic heterocycles. The van der Waals surface area contributed by atoms with Crippen LogP contribution in [0.1, 0.15) is 18.9 Å². The van der Waals surface area contributed by atoms with Gasteiger partial charge in [-0.15, -0.1) is 0 Å². The lowest BCUT2D eigenvalue weighted by molar-refractivity contribution is -0.0939. The fraction of sp³-hybridized carbons (Fsp3) is 0.312. The van der Waals surface area contributed by atoms with Gasteiger partial charge in [0.25, 0.3) is 0 Å². The largest absolute Gasteiger partial charge is 0.460 e. The van der Waals surface area contributed by atoms with Crippen molar-refractivity contribution >= 4 is 6.72 Å². The molecule has 1 fully saturated rings. The number of alkyl halides is 4. The van der Waals surface area contributed by atoms with E-state index in [1.807, 2.05) is 6.07 Å². The lowest BCUT2D eigenvalue weighted by Gasteiger charge is -2.16. The summed E-state index contributed by atoms with van der Waals surface area (Å²) in [7, 11) is 0. The maximum Gasteiger partial charge on any atom is 0.433 e. The van der Waals surface area contributed by atoms with E-state index >= 15 is 0 Å². The second kappa shape index (κ2) is 7.03. The van der Waals surface area contributed by atoms with Gasteiger partial charge in [0, 0.05) is 29.8 Å². The van der Waals surface area contributed by atoms with Gasteiger partial charge >= 0.3 is 6.18 Å². The van der Waals surface area contributed by atoms with Crippen LogP contribution in [0.2, 0.25) is 0 Å². The van der Waals surface area contributed by atoms with Gasteiger partial charge in [0.05, 0.1) is 11.8 Å². The van der Waals surface area contributed by atoms with Crippen molar-refractivity contribution < 1.29 is 27.4 Å². The minimum Gasteiger partial charge on any atom is -0.460 e. The first-order chi connectivity index (χ1) is 11.7. The highest BCUT2D eigenvalue weighted by atomic mass is 19.4. The number of ether oxygens (including phenoxy) is 1. The zero-order valence-electron chi connectivity index (χ0n) is 13.0. The SMILES string of the molecule is C=N/C(=C1\C(=C(/C)Oc2cncc(C#N)c2)C[C@@H](F)[C@H]1O)C(F)(F)F. The number of nitrogens with zero attached hydrogens (tertiary/aromatic N) is 3. The molecule has 0 aromatic carbocycles. The second-order valence-electron chi connectivity index (χ2n) is 5.24. The number of hydrogen-bond donors (Lipinski definition) is 1. The van der Waals surface area contributed by atoms with E-state index in [4.69, 9.17) is 10.00 Å². The highest BCUT2D eigenvalue weighted by Crippen LogP contribution is 2.42. The first-order valence-electron chi connectivity index (χ1n) is 7.02. The van der Waals surface area contributed by atoms with Crippen LogP contribution in [0.3, 0.4) is 0 Å². The van der Waals surface area contributed by atoms with Crippen molar-refractivity contribution in [2.75, 3.05) is 0 Å². The predicted octanol–water partition coefficient (Wildman–Crippen LogP) is 3.23. The van der Waals surface area contributed by atoms with Gasteiger partial charge in [0.1, 0.15) is 35.6 Å². The van der Waals surface area contributed by atoms with Crippen molar-refractivity contribution in [3.8, 4) is 11.8 Å². The molecule has 0 bridgehead atoms. The van der Waals surface area contributed by atoms with E-state index in [2.05, 4.69) is 16.7 Å². The van der Waals surface area contributed by atoms with Crippen LogP contribution < -0.4 is 4.74 Å². The van der Waals surface area contributed by atoms with Crippen molar-refractivity contribution in [2.24, 2.45) is 4.99 Å². The number of aliphatic hydroxyl groups excluding tert-OH is 1. The minimum absolute atomic E-state index is 0.0588. The summed E-state index contributed by atoms with van der Waals surface area (Å²) in [5, 5.41) is 18.6. The van der Waals surface area contributed by atoms with Gasteiger partial charge in [0.15, 0.2) is 0 Å². The van der Waals surface area contributed by atoms with E-state index in [0.29, 0.717) is 0 Å². The van der Waals surface area contributed by atoms with Gasteiger partial charge < -0.3 is 9.84 Å². The third kappa shape index (κ3) is 3.85. The minimum atomic E-state index is -4.91. The quantitative estimate of drug-likeness (QED) is 0.513. The molecule has 2 rings (SSSR count). The molecule has 1 aromatic heterocycles. The topological polar surface area (TPSA) is 78.5 Å². The normalized spacial score (nSPS) is 24.5. The summed E-state index contributed by atoms with van der Waals surface area (Å²) in [5.74, 6) is 0.0387. The first kappa shape index (κ1) is 18.6. The highest BCUT2D eigenvalue weighted by molar-refractivity contribution is 5.49. The van der Waals surface area contributed by atoms with Crippen LogP contribution in [0.25, 0.3) is 0 Å². The summed E-state index contributed by atoms with van der Waals surface area (Å²) >= 11 is 0. The van der Waals surface area contributed by atoms with E-state index in [1.165, 1.54) is 25.4 Å². The van der Waals surface area contributed by atoms with E-state index in [1.54, 1.807) is 0 Å². The van der Waals surface area contributed by atoms with Crippen molar-refractivity contribution in [1.82, 2.24) is 4.98 Å². The Morgan fingerprint density at radius 2 is 2.16 bits per heavy atom. The Labute approximate surface area is 140 Å². The van der Waals surface area contributed by atoms with Gasteiger partial charge in [0.2, 0.25) is 0 Å². The van der Waals surface area contributed by atoms with Crippen molar-refractivity contribution in [3.05, 3.63) is 46.6 Å². The Kier molecular flexibility index (Phi) is 5.23. The van der Waals surface area contributed by atoms with Gasteiger partial charge in [-0.3, -0.25) is 9.98 Å². The van der Waals surface area contributed by atoms with Crippen LogP contribution in [0.15, 0.2) is 46.1 Å². The Hall–Kier alpha value is -2.73. The zero-order valence-corrected chi connectivity index (χ0v) is 13.0. The number of halogens is 4. The molecule has 0 amide bonds. The molecule has 1 aromatic rings. The summed E-state index contributed by atoms with van der Waals surface area (Å²) in [5.41, 5.74) is -2.12. The monoisotopic (exact) mass is 355 g/mol. The summed E-state index contributed by atoms with van der Waals surface area (Å²) in [6, 6.07) is 3.17. The number of rotatable bonds is 3. The molecule has 0 saturated heterocycles. The van der Waals surface area contributed by atoms with Crippen LogP contribution in [0.5, 0.6) is 5.75 Å². The van der Waals surface area contributed by atoms with Crippen molar-refractivity contribution in [2.45, 2.75) is 31.8 Å². The maximum atomic E-state index is 13.9. The second-order valence-corrected chi connectivity index (χ2v) is 5.24. The molecule has 132 valence electrons. The van der Waals surface area contributed by atoms with E-state index < -0.39 is 36.1 Å². The number of aliphatic imine (C=N–C) groups is 1. The average Bonchev–Trinajstić information content (AvgIpc) is 2.83. The molecule has 1 N–H and O–H groups in total. The maximum absolute atomic E-state index is 13.9. The fourth-order valence-corrected chi connectivity index (χ4v) is 2.49. The molecule has 1 aliphatic rings. The molecule has 0 unspecified atom stereocenters. The van der Waals surface area contributed by atoms with Crippen molar-refractivity contribution in [1.29, 1.82) is 5.26 Å². The molecular weight excluding hydrogens is 342 g/mol. The Morgan fingerprint density at radius 1 is 1.48 bits per heavy atom. The molecule has 0 radical (unpaired) electrons. The van der Waals surface area contributed by atoms with Gasteiger partial charge in [-0.1, -0.05) is 0 Å². The van der Waals surface area contributed by atoms with Crippen LogP contribution in [0.4, 0.5) is 17.6 Å². The zero-order chi connectivity index (χ0) is 18.8. The molecule has 1 aliphatic carbocycles. The molecular formula is C16H13F4N3O2. The first-order valence-corrected chi connectivity index (χ1v) is 7.02. The predicted molar refractivity (Wildman–Crippen MR) is 80.4 cm³/mol. The molecule has 0 spiro atoms. The highest BCUT2D eigenvalue weighted by Gasteiger charge is 2.45. The van der Waals surface area contributed by atoms with Gasteiger partial charge in [-0.05, 0) is 13.6 Å². The number of pyridine rings is 1. The lowest BCUT2D eigenvalue weighted by Crippen LogP contribution is -2.21. The van der Waals surface area contributed by atoms with Gasteiger partial charge in [-0.25, -0.2) is 4.39 Å². The Balaban J connectivity index is 2.53. The van der Waals surface area contributed by atoms with Crippen LogP contribution in [0, 0.1) is 11.3 Å². The van der Waals surface area contributed by atoms with Crippen molar-refractivity contribution in [3.63, 3.8) is 0 Å². The fourth-order valence-electron chi connectivity index (χ4n) is 2.49. The van der Waals surface area contributed by atoms with Gasteiger partial charge in [-0.2, -0.15) is 18.4 Å². The summed E-state index contributed by atoms with van der Waals surface area (Å²) in [6.45, 7) is 4.19. The summed E-state index contributed by atoms with van der Waals surface area (Å²) < 4.78 is 58.6. The number of nitriles is 1. The summed E-state index contributed by atoms with van der Waals surface area (Å²) in [6.07, 6.45) is -6.76. The van der Waals surface area contributed by atoms with Crippen LogP contribution >= 0.6 is 0 Å². The standard InChI is InChI=1S/C16H13F4N3O2/c1-8(25-10-3-9(5-21)6-23-7-10)11-4-12(17)14(24)13(11)15(22-2)16(18,19)20/h3,6-7,12,14,24H,2,4H2,1H3/b11-8+,15-13+/t12-,14-/m1/s1. The number of hydrogen-bond acceptors (Lipinski definition) is 5. The third-order valence-corrected chi connectivity index (χ3v) is 3.58. The van der Waals surface area contributed by atoms with E-state index in [0.717, 1.165) is 0 Å². The number of aliphatic hydroxyl groups is 1. The van der Waals surface area contributed by atoms with Crippen LogP contribution in [-0.2, 0) is 0 Å². The molecule has 9 heteroatoms. The van der Waals surface area contributed by atoms with E-state index in [-0.39, 0.29) is 22.6 Å².